The highest BCUT2D eigenvalue weighted by Gasteiger charge is 2.09. The zero-order valence-corrected chi connectivity index (χ0v) is 9.83. The van der Waals surface area contributed by atoms with E-state index in [9.17, 15) is 9.90 Å². The van der Waals surface area contributed by atoms with E-state index in [4.69, 9.17) is 9.47 Å². The van der Waals surface area contributed by atoms with Gasteiger partial charge in [-0.25, -0.2) is 4.79 Å². The Morgan fingerprint density at radius 3 is 2.73 bits per heavy atom. The summed E-state index contributed by atoms with van der Waals surface area (Å²) in [5.74, 6) is 0.255. The first-order valence-electron chi connectivity index (χ1n) is 4.77. The zero-order chi connectivity index (χ0) is 11.7. The Balaban J connectivity index is 3.44. The van der Waals surface area contributed by atoms with E-state index in [1.54, 1.807) is 6.92 Å². The van der Waals surface area contributed by atoms with Gasteiger partial charge in [-0.3, -0.25) is 0 Å². The number of aliphatic hydroxyl groups excluding tert-OH is 1. The van der Waals surface area contributed by atoms with Crippen molar-refractivity contribution in [2.45, 2.75) is 19.4 Å². The number of hydrogen-bond acceptors (Lipinski definition) is 5. The number of aliphatic hydroxyl groups is 1. The molecule has 0 fully saturated rings. The molecule has 1 N–H and O–H groups in total. The van der Waals surface area contributed by atoms with E-state index < -0.39 is 12.1 Å². The van der Waals surface area contributed by atoms with Crippen molar-refractivity contribution in [2.24, 2.45) is 0 Å². The lowest BCUT2D eigenvalue weighted by atomic mass is 10.3. The fourth-order valence-corrected chi connectivity index (χ4v) is 0.858. The molecule has 0 aromatic rings. The first-order valence-corrected chi connectivity index (χ1v) is 5.40. The Morgan fingerprint density at radius 2 is 2.20 bits per heavy atom. The molecule has 0 aliphatic rings. The van der Waals surface area contributed by atoms with Crippen LogP contribution < -0.4 is 0 Å². The number of ether oxygens (including phenoxy) is 2. The minimum Gasteiger partial charge on any atom is -0.460 e. The third kappa shape index (κ3) is 8.47. The lowest BCUT2D eigenvalue weighted by molar-refractivity contribution is -0.143. The van der Waals surface area contributed by atoms with E-state index in [-0.39, 0.29) is 13.2 Å². The molecule has 4 nitrogen and oxygen atoms in total. The molecule has 0 heterocycles. The van der Waals surface area contributed by atoms with E-state index in [1.165, 1.54) is 0 Å². The molecule has 0 saturated heterocycles. The third-order valence-electron chi connectivity index (χ3n) is 1.51. The number of hydrogen-bond donors (Lipinski definition) is 2. The first-order chi connectivity index (χ1) is 7.07. The average molecular weight is 234 g/mol. The SMILES string of the molecule is C=C(C)C(=O)OCC(O)COCCCS. The van der Waals surface area contributed by atoms with Gasteiger partial charge in [-0.05, 0) is 19.1 Å². The highest BCUT2D eigenvalue weighted by Crippen LogP contribution is 1.95. The summed E-state index contributed by atoms with van der Waals surface area (Å²) < 4.78 is 9.85. The Hall–Kier alpha value is -0.520. The van der Waals surface area contributed by atoms with E-state index in [1.807, 2.05) is 0 Å². The first kappa shape index (κ1) is 14.5. The summed E-state index contributed by atoms with van der Waals surface area (Å²) in [6.45, 7) is 5.63. The van der Waals surface area contributed by atoms with Crippen molar-refractivity contribution in [3.63, 3.8) is 0 Å². The molecular formula is C10H18O4S. The molecule has 1 atom stereocenters. The van der Waals surface area contributed by atoms with Crippen molar-refractivity contribution in [2.75, 3.05) is 25.6 Å². The number of carbonyl (C=O) groups excluding carboxylic acids is 1. The van der Waals surface area contributed by atoms with Crippen LogP contribution in [0, 0.1) is 0 Å². The molecule has 5 heteroatoms. The van der Waals surface area contributed by atoms with Crippen LogP contribution in [0.2, 0.25) is 0 Å². The van der Waals surface area contributed by atoms with Gasteiger partial charge < -0.3 is 14.6 Å². The Morgan fingerprint density at radius 1 is 1.53 bits per heavy atom. The summed E-state index contributed by atoms with van der Waals surface area (Å²) in [5, 5.41) is 9.33. The van der Waals surface area contributed by atoms with Crippen LogP contribution in [0.15, 0.2) is 12.2 Å². The maximum absolute atomic E-state index is 10.9. The Kier molecular flexibility index (Phi) is 8.46. The van der Waals surface area contributed by atoms with Crippen molar-refractivity contribution in [1.82, 2.24) is 0 Å². The minimum atomic E-state index is -0.784. The fourth-order valence-electron chi connectivity index (χ4n) is 0.729. The smallest absolute Gasteiger partial charge is 0.333 e. The van der Waals surface area contributed by atoms with Crippen molar-refractivity contribution < 1.29 is 19.4 Å². The van der Waals surface area contributed by atoms with Gasteiger partial charge >= 0.3 is 5.97 Å². The standard InChI is InChI=1S/C10H18O4S/c1-8(2)10(12)14-7-9(11)6-13-4-3-5-15/h9,11,15H,1,3-7H2,2H3. The third-order valence-corrected chi connectivity index (χ3v) is 1.83. The van der Waals surface area contributed by atoms with Gasteiger partial charge in [0.15, 0.2) is 0 Å². The van der Waals surface area contributed by atoms with Gasteiger partial charge in [-0.2, -0.15) is 12.6 Å². The van der Waals surface area contributed by atoms with Crippen molar-refractivity contribution >= 4 is 18.6 Å². The molecule has 0 bridgehead atoms. The van der Waals surface area contributed by atoms with Crippen molar-refractivity contribution in [3.8, 4) is 0 Å². The molecule has 0 radical (unpaired) electrons. The predicted molar refractivity (Wildman–Crippen MR) is 61.1 cm³/mol. The molecule has 0 aromatic heterocycles. The van der Waals surface area contributed by atoms with Crippen LogP contribution in [0.5, 0.6) is 0 Å². The van der Waals surface area contributed by atoms with E-state index in [0.717, 1.165) is 12.2 Å². The second kappa shape index (κ2) is 8.76. The molecule has 0 spiro atoms. The van der Waals surface area contributed by atoms with E-state index in [0.29, 0.717) is 12.2 Å². The molecule has 1 unspecified atom stereocenters. The van der Waals surface area contributed by atoms with Crippen LogP contribution >= 0.6 is 12.6 Å². The van der Waals surface area contributed by atoms with E-state index >= 15 is 0 Å². The van der Waals surface area contributed by atoms with Crippen LogP contribution in [-0.4, -0.2) is 42.8 Å². The lowest BCUT2D eigenvalue weighted by Gasteiger charge is -2.11. The highest BCUT2D eigenvalue weighted by atomic mass is 32.1. The van der Waals surface area contributed by atoms with Gasteiger partial charge in [0.2, 0.25) is 0 Å². The molecule has 15 heavy (non-hydrogen) atoms. The molecule has 0 aromatic carbocycles. The summed E-state index contributed by atoms with van der Waals surface area (Å²) >= 11 is 4.01. The molecular weight excluding hydrogens is 216 g/mol. The van der Waals surface area contributed by atoms with Crippen LogP contribution in [0.25, 0.3) is 0 Å². The molecule has 0 saturated carbocycles. The molecule has 0 aliphatic carbocycles. The van der Waals surface area contributed by atoms with Gasteiger partial charge in [-0.15, -0.1) is 0 Å². The highest BCUT2D eigenvalue weighted by molar-refractivity contribution is 7.80. The summed E-state index contributed by atoms with van der Waals surface area (Å²) in [5.41, 5.74) is 0.318. The summed E-state index contributed by atoms with van der Waals surface area (Å²) in [6.07, 6.45) is 0.0506. The Bertz CT molecular complexity index is 206. The molecule has 88 valence electrons. The van der Waals surface area contributed by atoms with Crippen molar-refractivity contribution in [1.29, 1.82) is 0 Å². The van der Waals surface area contributed by atoms with Crippen LogP contribution in [0.3, 0.4) is 0 Å². The minimum absolute atomic E-state index is 0.0629. The summed E-state index contributed by atoms with van der Waals surface area (Å²) in [6, 6.07) is 0. The number of carbonyl (C=O) groups is 1. The Labute approximate surface area is 95.7 Å². The van der Waals surface area contributed by atoms with Gasteiger partial charge in [0.05, 0.1) is 6.61 Å². The lowest BCUT2D eigenvalue weighted by Crippen LogP contribution is -2.24. The monoisotopic (exact) mass is 234 g/mol. The topological polar surface area (TPSA) is 55.8 Å². The largest absolute Gasteiger partial charge is 0.460 e. The normalized spacial score (nSPS) is 12.2. The zero-order valence-electron chi connectivity index (χ0n) is 8.94. The second-order valence-corrected chi connectivity index (χ2v) is 3.63. The molecule has 0 amide bonds. The van der Waals surface area contributed by atoms with Crippen LogP contribution in [0.1, 0.15) is 13.3 Å². The molecule has 0 aliphatic heterocycles. The van der Waals surface area contributed by atoms with Gasteiger partial charge in [0.25, 0.3) is 0 Å². The number of thiol groups is 1. The maximum atomic E-state index is 10.9. The quantitative estimate of drug-likeness (QED) is 0.282. The van der Waals surface area contributed by atoms with Crippen LogP contribution in [0.4, 0.5) is 0 Å². The fraction of sp³-hybridized carbons (Fsp3) is 0.700. The second-order valence-electron chi connectivity index (χ2n) is 3.18. The van der Waals surface area contributed by atoms with Gasteiger partial charge in [0.1, 0.15) is 12.7 Å². The number of rotatable bonds is 8. The summed E-state index contributed by atoms with van der Waals surface area (Å²) in [4.78, 5) is 10.9. The molecule has 0 rings (SSSR count). The van der Waals surface area contributed by atoms with E-state index in [2.05, 4.69) is 19.2 Å². The predicted octanol–water partition coefficient (Wildman–Crippen LogP) is 0.803. The van der Waals surface area contributed by atoms with Crippen LogP contribution in [-0.2, 0) is 14.3 Å². The van der Waals surface area contributed by atoms with Gasteiger partial charge in [0, 0.05) is 12.2 Å². The van der Waals surface area contributed by atoms with Gasteiger partial charge in [-0.1, -0.05) is 6.58 Å². The maximum Gasteiger partial charge on any atom is 0.333 e. The number of esters is 1. The summed E-state index contributed by atoms with van der Waals surface area (Å²) in [7, 11) is 0. The average Bonchev–Trinajstić information content (AvgIpc) is 2.20. The van der Waals surface area contributed by atoms with Crippen molar-refractivity contribution in [3.05, 3.63) is 12.2 Å².